The molecule has 1 aromatic carbocycles. The number of phenols is 1. The maximum atomic E-state index is 12.3. The molecule has 1 unspecified atom stereocenters. The van der Waals surface area contributed by atoms with E-state index in [1.165, 1.54) is 6.42 Å². The van der Waals surface area contributed by atoms with Gasteiger partial charge in [-0.2, -0.15) is 0 Å². The first kappa shape index (κ1) is 12.9. The number of likely N-dealkylation sites (N-methyl/N-ethyl adjacent to an activating group) is 1. The van der Waals surface area contributed by atoms with E-state index >= 15 is 0 Å². The van der Waals surface area contributed by atoms with Crippen LogP contribution in [-0.2, 0) is 0 Å². The monoisotopic (exact) mass is 248 g/mol. The Morgan fingerprint density at radius 3 is 2.89 bits per heavy atom. The van der Waals surface area contributed by atoms with E-state index in [0.29, 0.717) is 24.7 Å². The summed E-state index contributed by atoms with van der Waals surface area (Å²) in [5, 5.41) is 13.1. The number of carbonyl (C=O) groups excluding carboxylic acids is 1. The minimum absolute atomic E-state index is 0.0559. The van der Waals surface area contributed by atoms with E-state index in [1.807, 2.05) is 6.92 Å². The van der Waals surface area contributed by atoms with Crippen molar-refractivity contribution in [3.05, 3.63) is 29.8 Å². The highest BCUT2D eigenvalue weighted by molar-refractivity contribution is 5.96. The zero-order valence-electron chi connectivity index (χ0n) is 10.7. The average molecular weight is 248 g/mol. The van der Waals surface area contributed by atoms with Crippen molar-refractivity contribution < 1.29 is 9.90 Å². The van der Waals surface area contributed by atoms with E-state index < -0.39 is 0 Å². The van der Waals surface area contributed by atoms with Crippen LogP contribution in [0.2, 0.25) is 0 Å². The molecule has 1 amide bonds. The van der Waals surface area contributed by atoms with Gasteiger partial charge in [0.05, 0.1) is 5.56 Å². The molecule has 1 atom stereocenters. The molecule has 1 aromatic rings. The van der Waals surface area contributed by atoms with Gasteiger partial charge in [-0.25, -0.2) is 0 Å². The Bertz CT molecular complexity index is 414. The molecule has 0 saturated carbocycles. The molecule has 2 rings (SSSR count). The Hall–Kier alpha value is -1.55. The summed E-state index contributed by atoms with van der Waals surface area (Å²) in [5.74, 6) is -0.0374. The van der Waals surface area contributed by atoms with Crippen LogP contribution in [0, 0.1) is 0 Å². The van der Waals surface area contributed by atoms with Gasteiger partial charge in [0.25, 0.3) is 5.91 Å². The molecule has 1 aliphatic rings. The van der Waals surface area contributed by atoms with Crippen molar-refractivity contribution >= 4 is 5.91 Å². The fraction of sp³-hybridized carbons (Fsp3) is 0.500. The number of hydrogen-bond donors (Lipinski definition) is 2. The molecule has 4 nitrogen and oxygen atoms in total. The van der Waals surface area contributed by atoms with Crippen LogP contribution in [0.1, 0.15) is 30.1 Å². The minimum atomic E-state index is -0.0932. The van der Waals surface area contributed by atoms with Gasteiger partial charge in [-0.15, -0.1) is 0 Å². The van der Waals surface area contributed by atoms with Crippen LogP contribution in [0.5, 0.6) is 5.75 Å². The third kappa shape index (κ3) is 2.82. The van der Waals surface area contributed by atoms with Crippen molar-refractivity contribution in [1.29, 1.82) is 0 Å². The smallest absolute Gasteiger partial charge is 0.257 e. The Labute approximate surface area is 108 Å². The van der Waals surface area contributed by atoms with Crippen molar-refractivity contribution in [3.63, 3.8) is 0 Å². The molecule has 2 N–H and O–H groups in total. The zero-order chi connectivity index (χ0) is 13.0. The Morgan fingerprint density at radius 2 is 2.28 bits per heavy atom. The highest BCUT2D eigenvalue weighted by Crippen LogP contribution is 2.18. The predicted octanol–water partition coefficient (Wildman–Crippen LogP) is 1.61. The van der Waals surface area contributed by atoms with Gasteiger partial charge in [0, 0.05) is 19.1 Å². The second kappa shape index (κ2) is 5.87. The fourth-order valence-corrected chi connectivity index (χ4v) is 2.36. The number of nitrogens with zero attached hydrogens (tertiary/aromatic N) is 1. The minimum Gasteiger partial charge on any atom is -0.507 e. The van der Waals surface area contributed by atoms with Crippen LogP contribution >= 0.6 is 0 Å². The molecule has 1 saturated heterocycles. The van der Waals surface area contributed by atoms with Crippen LogP contribution in [-0.4, -0.2) is 41.6 Å². The van der Waals surface area contributed by atoms with Crippen LogP contribution in [0.3, 0.4) is 0 Å². The molecule has 1 heterocycles. The number of para-hydroxylation sites is 1. The van der Waals surface area contributed by atoms with Gasteiger partial charge in [0.1, 0.15) is 5.75 Å². The summed E-state index contributed by atoms with van der Waals surface area (Å²) in [6, 6.07) is 7.10. The Morgan fingerprint density at radius 1 is 1.50 bits per heavy atom. The second-order valence-electron chi connectivity index (χ2n) is 4.65. The van der Waals surface area contributed by atoms with Gasteiger partial charge in [0.15, 0.2) is 0 Å². The number of hydrogen-bond acceptors (Lipinski definition) is 3. The van der Waals surface area contributed by atoms with Crippen molar-refractivity contribution in [2.45, 2.75) is 25.8 Å². The lowest BCUT2D eigenvalue weighted by Gasteiger charge is -2.24. The van der Waals surface area contributed by atoms with Crippen LogP contribution in [0.25, 0.3) is 0 Å². The number of phenolic OH excluding ortho intramolecular Hbond substituents is 1. The summed E-state index contributed by atoms with van der Waals surface area (Å²) >= 11 is 0. The maximum absolute atomic E-state index is 12.3. The van der Waals surface area contributed by atoms with Crippen molar-refractivity contribution in [2.75, 3.05) is 19.6 Å². The summed E-state index contributed by atoms with van der Waals surface area (Å²) < 4.78 is 0. The summed E-state index contributed by atoms with van der Waals surface area (Å²) in [6.45, 7) is 4.37. The summed E-state index contributed by atoms with van der Waals surface area (Å²) in [6.07, 6.45) is 2.29. The molecular formula is C14H20N2O2. The third-order valence-electron chi connectivity index (χ3n) is 3.41. The largest absolute Gasteiger partial charge is 0.507 e. The molecule has 0 radical (unpaired) electrons. The number of benzene rings is 1. The molecular weight excluding hydrogens is 228 g/mol. The van der Waals surface area contributed by atoms with Gasteiger partial charge in [-0.05, 0) is 38.4 Å². The normalized spacial score (nSPS) is 18.8. The van der Waals surface area contributed by atoms with Crippen molar-refractivity contribution in [1.82, 2.24) is 10.2 Å². The predicted molar refractivity (Wildman–Crippen MR) is 70.7 cm³/mol. The summed E-state index contributed by atoms with van der Waals surface area (Å²) in [7, 11) is 0. The second-order valence-corrected chi connectivity index (χ2v) is 4.65. The SMILES string of the molecule is CCN(CC1CCCN1)C(=O)c1ccccc1O. The highest BCUT2D eigenvalue weighted by Gasteiger charge is 2.22. The van der Waals surface area contributed by atoms with E-state index in [1.54, 1.807) is 29.2 Å². The summed E-state index contributed by atoms with van der Waals surface area (Å²) in [5.41, 5.74) is 0.386. The first-order chi connectivity index (χ1) is 8.72. The molecule has 98 valence electrons. The van der Waals surface area contributed by atoms with E-state index in [0.717, 1.165) is 13.0 Å². The maximum Gasteiger partial charge on any atom is 0.257 e. The van der Waals surface area contributed by atoms with Crippen molar-refractivity contribution in [2.24, 2.45) is 0 Å². The number of aromatic hydroxyl groups is 1. The van der Waals surface area contributed by atoms with Crippen LogP contribution < -0.4 is 5.32 Å². The lowest BCUT2D eigenvalue weighted by molar-refractivity contribution is 0.0748. The Balaban J connectivity index is 2.07. The van der Waals surface area contributed by atoms with Gasteiger partial charge in [-0.3, -0.25) is 4.79 Å². The number of rotatable bonds is 4. The first-order valence-corrected chi connectivity index (χ1v) is 6.53. The lowest BCUT2D eigenvalue weighted by atomic mass is 10.1. The van der Waals surface area contributed by atoms with E-state index in [-0.39, 0.29) is 11.7 Å². The number of amides is 1. The third-order valence-corrected chi connectivity index (χ3v) is 3.41. The highest BCUT2D eigenvalue weighted by atomic mass is 16.3. The van der Waals surface area contributed by atoms with Gasteiger partial charge < -0.3 is 15.3 Å². The number of carbonyl (C=O) groups is 1. The number of nitrogens with one attached hydrogen (secondary N) is 1. The van der Waals surface area contributed by atoms with Gasteiger partial charge in [0.2, 0.25) is 0 Å². The molecule has 18 heavy (non-hydrogen) atoms. The van der Waals surface area contributed by atoms with E-state index in [9.17, 15) is 9.90 Å². The van der Waals surface area contributed by atoms with E-state index in [4.69, 9.17) is 0 Å². The first-order valence-electron chi connectivity index (χ1n) is 6.53. The Kier molecular flexibility index (Phi) is 4.20. The quantitative estimate of drug-likeness (QED) is 0.851. The van der Waals surface area contributed by atoms with Gasteiger partial charge >= 0.3 is 0 Å². The lowest BCUT2D eigenvalue weighted by Crippen LogP contribution is -2.41. The van der Waals surface area contributed by atoms with Crippen LogP contribution in [0.4, 0.5) is 0 Å². The molecule has 1 fully saturated rings. The average Bonchev–Trinajstić information content (AvgIpc) is 2.88. The van der Waals surface area contributed by atoms with Gasteiger partial charge in [-0.1, -0.05) is 12.1 Å². The molecule has 0 aromatic heterocycles. The van der Waals surface area contributed by atoms with Crippen molar-refractivity contribution in [3.8, 4) is 5.75 Å². The van der Waals surface area contributed by atoms with E-state index in [2.05, 4.69) is 5.32 Å². The standard InChI is InChI=1S/C14H20N2O2/c1-2-16(10-11-6-5-9-15-11)14(18)12-7-3-4-8-13(12)17/h3-4,7-8,11,15,17H,2,5-6,9-10H2,1H3. The molecule has 0 spiro atoms. The topological polar surface area (TPSA) is 52.6 Å². The van der Waals surface area contributed by atoms with Crippen LogP contribution in [0.15, 0.2) is 24.3 Å². The zero-order valence-corrected chi connectivity index (χ0v) is 10.7. The molecule has 1 aliphatic heterocycles. The fourth-order valence-electron chi connectivity index (χ4n) is 2.36. The molecule has 4 heteroatoms. The molecule has 0 aliphatic carbocycles. The molecule has 0 bridgehead atoms. The summed E-state index contributed by atoms with van der Waals surface area (Å²) in [4.78, 5) is 14.1.